The predicted octanol–water partition coefficient (Wildman–Crippen LogP) is 3.80. The molecule has 1 aliphatic carbocycles. The van der Waals surface area contributed by atoms with Gasteiger partial charge in [0.1, 0.15) is 0 Å². The first-order valence-corrected chi connectivity index (χ1v) is 8.66. The topological polar surface area (TPSA) is 68.3 Å². The maximum atomic E-state index is 12.3. The highest BCUT2D eigenvalue weighted by Gasteiger charge is 2.21. The summed E-state index contributed by atoms with van der Waals surface area (Å²) in [5.41, 5.74) is 3.34. The summed E-state index contributed by atoms with van der Waals surface area (Å²) in [6.45, 7) is 1.52. The highest BCUT2D eigenvalue weighted by atomic mass is 35.5. The number of halogens is 1. The molecule has 0 aliphatic heterocycles. The first-order chi connectivity index (χ1) is 12.0. The fourth-order valence-electron chi connectivity index (χ4n) is 2.86. The number of esters is 1. The molecule has 0 saturated heterocycles. The minimum absolute atomic E-state index is 0.184. The highest BCUT2D eigenvalue weighted by Crippen LogP contribution is 2.23. The molecule has 1 N–H and O–H groups in total. The summed E-state index contributed by atoms with van der Waals surface area (Å²) in [4.78, 5) is 28.4. The van der Waals surface area contributed by atoms with Gasteiger partial charge in [-0.15, -0.1) is 0 Å². The maximum absolute atomic E-state index is 12.3. The van der Waals surface area contributed by atoms with Crippen molar-refractivity contribution in [2.75, 3.05) is 5.32 Å². The van der Waals surface area contributed by atoms with Crippen LogP contribution in [0.2, 0.25) is 5.15 Å². The normalized spacial score (nSPS) is 14.3. The Morgan fingerprint density at radius 2 is 1.96 bits per heavy atom. The van der Waals surface area contributed by atoms with Gasteiger partial charge in [-0.1, -0.05) is 17.7 Å². The standard InChI is InChI=1S/C19H19ClN2O3/c1-12(18(23)22-16-7-4-10-21-17(16)20)25-19(24)15-9-8-13-5-2-3-6-14(13)11-15/h4,7-12H,2-3,5-6H2,1H3,(H,22,23). The molecule has 0 saturated carbocycles. The molecule has 6 heteroatoms. The van der Waals surface area contributed by atoms with E-state index in [1.807, 2.05) is 12.1 Å². The molecule has 1 aliphatic rings. The Kier molecular flexibility index (Phi) is 5.34. The van der Waals surface area contributed by atoms with Crippen LogP contribution in [0.25, 0.3) is 0 Å². The number of hydrogen-bond donors (Lipinski definition) is 1. The lowest BCUT2D eigenvalue weighted by Crippen LogP contribution is -2.30. The van der Waals surface area contributed by atoms with Crippen molar-refractivity contribution < 1.29 is 14.3 Å². The number of amides is 1. The summed E-state index contributed by atoms with van der Waals surface area (Å²) in [7, 11) is 0. The van der Waals surface area contributed by atoms with E-state index in [0.717, 1.165) is 19.3 Å². The molecule has 1 unspecified atom stereocenters. The van der Waals surface area contributed by atoms with Gasteiger partial charge in [0.25, 0.3) is 5.91 Å². The summed E-state index contributed by atoms with van der Waals surface area (Å²) in [5, 5.41) is 2.79. The summed E-state index contributed by atoms with van der Waals surface area (Å²) >= 11 is 5.91. The van der Waals surface area contributed by atoms with Gasteiger partial charge in [0.2, 0.25) is 0 Å². The zero-order chi connectivity index (χ0) is 17.8. The SMILES string of the molecule is CC(OC(=O)c1ccc2c(c1)CCCC2)C(=O)Nc1cccnc1Cl. The lowest BCUT2D eigenvalue weighted by molar-refractivity contribution is -0.123. The molecule has 0 fully saturated rings. The molecule has 2 aromatic rings. The van der Waals surface area contributed by atoms with Crippen LogP contribution in [0, 0.1) is 0 Å². The Morgan fingerprint density at radius 3 is 2.72 bits per heavy atom. The Morgan fingerprint density at radius 1 is 1.20 bits per heavy atom. The van der Waals surface area contributed by atoms with Crippen LogP contribution >= 0.6 is 11.6 Å². The average molecular weight is 359 g/mol. The van der Waals surface area contributed by atoms with Crippen LogP contribution < -0.4 is 5.32 Å². The molecule has 1 amide bonds. The number of nitrogens with zero attached hydrogens (tertiary/aromatic N) is 1. The van der Waals surface area contributed by atoms with Gasteiger partial charge in [-0.2, -0.15) is 0 Å². The quantitative estimate of drug-likeness (QED) is 0.666. The maximum Gasteiger partial charge on any atom is 0.338 e. The van der Waals surface area contributed by atoms with Crippen molar-refractivity contribution in [3.8, 4) is 0 Å². The highest BCUT2D eigenvalue weighted by molar-refractivity contribution is 6.32. The van der Waals surface area contributed by atoms with Gasteiger partial charge in [-0.3, -0.25) is 4.79 Å². The van der Waals surface area contributed by atoms with Gasteiger partial charge < -0.3 is 10.1 Å². The van der Waals surface area contributed by atoms with Crippen LogP contribution in [-0.2, 0) is 22.4 Å². The van der Waals surface area contributed by atoms with E-state index in [2.05, 4.69) is 10.3 Å². The zero-order valence-electron chi connectivity index (χ0n) is 13.9. The number of benzene rings is 1. The number of rotatable bonds is 4. The Hall–Kier alpha value is -2.40. The predicted molar refractivity (Wildman–Crippen MR) is 95.8 cm³/mol. The van der Waals surface area contributed by atoms with Gasteiger partial charge >= 0.3 is 5.97 Å². The monoisotopic (exact) mass is 358 g/mol. The molecule has 1 atom stereocenters. The number of nitrogens with one attached hydrogen (secondary N) is 1. The van der Waals surface area contributed by atoms with Crippen LogP contribution in [0.1, 0.15) is 41.3 Å². The molecule has 0 spiro atoms. The van der Waals surface area contributed by atoms with E-state index in [9.17, 15) is 9.59 Å². The van der Waals surface area contributed by atoms with Gasteiger partial charge in [0.05, 0.1) is 11.3 Å². The fraction of sp³-hybridized carbons (Fsp3) is 0.316. The van der Waals surface area contributed by atoms with Crippen LogP contribution in [0.5, 0.6) is 0 Å². The molecule has 3 rings (SSSR count). The molecule has 5 nitrogen and oxygen atoms in total. The number of aromatic nitrogens is 1. The number of fused-ring (bicyclic) bond motifs is 1. The molecule has 0 radical (unpaired) electrons. The number of anilines is 1. The van der Waals surface area contributed by atoms with Gasteiger partial charge in [-0.25, -0.2) is 9.78 Å². The molecule has 25 heavy (non-hydrogen) atoms. The van der Waals surface area contributed by atoms with Crippen molar-refractivity contribution in [2.45, 2.75) is 38.7 Å². The van der Waals surface area contributed by atoms with Crippen LogP contribution in [-0.4, -0.2) is 23.0 Å². The van der Waals surface area contributed by atoms with Crippen molar-refractivity contribution in [1.29, 1.82) is 0 Å². The number of carbonyl (C=O) groups excluding carboxylic acids is 2. The Balaban J connectivity index is 1.64. The molecule has 1 aromatic heterocycles. The molecular formula is C19H19ClN2O3. The van der Waals surface area contributed by atoms with Gasteiger partial charge in [0, 0.05) is 6.20 Å². The minimum Gasteiger partial charge on any atom is -0.449 e. The lowest BCUT2D eigenvalue weighted by atomic mass is 9.90. The van der Waals surface area contributed by atoms with Crippen LogP contribution in [0.15, 0.2) is 36.5 Å². The summed E-state index contributed by atoms with van der Waals surface area (Å²) in [5.74, 6) is -0.963. The van der Waals surface area contributed by atoms with E-state index < -0.39 is 18.0 Å². The lowest BCUT2D eigenvalue weighted by Gasteiger charge is -2.17. The van der Waals surface area contributed by atoms with E-state index in [1.165, 1.54) is 30.7 Å². The van der Waals surface area contributed by atoms with Crippen molar-refractivity contribution in [3.05, 3.63) is 58.4 Å². The number of ether oxygens (including phenoxy) is 1. The molecule has 1 aromatic carbocycles. The Labute approximate surface area is 151 Å². The van der Waals surface area contributed by atoms with Crippen LogP contribution in [0.3, 0.4) is 0 Å². The third kappa shape index (κ3) is 4.17. The second kappa shape index (κ2) is 7.66. The van der Waals surface area contributed by atoms with Crippen molar-refractivity contribution in [1.82, 2.24) is 4.98 Å². The first kappa shape index (κ1) is 17.4. The summed E-state index contributed by atoms with van der Waals surface area (Å²) in [6, 6.07) is 8.90. The Bertz CT molecular complexity index is 807. The number of carbonyl (C=O) groups is 2. The van der Waals surface area contributed by atoms with E-state index in [0.29, 0.717) is 11.3 Å². The van der Waals surface area contributed by atoms with E-state index in [-0.39, 0.29) is 5.15 Å². The average Bonchev–Trinajstić information content (AvgIpc) is 2.63. The molecule has 130 valence electrons. The van der Waals surface area contributed by atoms with E-state index in [1.54, 1.807) is 18.2 Å². The first-order valence-electron chi connectivity index (χ1n) is 8.29. The third-order valence-corrected chi connectivity index (χ3v) is 4.56. The number of aryl methyl sites for hydroxylation is 2. The number of hydrogen-bond acceptors (Lipinski definition) is 4. The number of pyridine rings is 1. The smallest absolute Gasteiger partial charge is 0.338 e. The third-order valence-electron chi connectivity index (χ3n) is 4.25. The second-order valence-electron chi connectivity index (χ2n) is 6.07. The molecular weight excluding hydrogens is 340 g/mol. The van der Waals surface area contributed by atoms with Crippen molar-refractivity contribution in [2.24, 2.45) is 0 Å². The van der Waals surface area contributed by atoms with Crippen molar-refractivity contribution in [3.63, 3.8) is 0 Å². The van der Waals surface area contributed by atoms with E-state index in [4.69, 9.17) is 16.3 Å². The van der Waals surface area contributed by atoms with Gasteiger partial charge in [-0.05, 0) is 68.0 Å². The van der Waals surface area contributed by atoms with Crippen molar-refractivity contribution >= 4 is 29.2 Å². The molecule has 0 bridgehead atoms. The second-order valence-corrected chi connectivity index (χ2v) is 6.43. The molecule has 1 heterocycles. The largest absolute Gasteiger partial charge is 0.449 e. The summed E-state index contributed by atoms with van der Waals surface area (Å²) in [6.07, 6.45) is 4.93. The van der Waals surface area contributed by atoms with Gasteiger partial charge in [0.15, 0.2) is 11.3 Å². The van der Waals surface area contributed by atoms with Crippen LogP contribution in [0.4, 0.5) is 5.69 Å². The van der Waals surface area contributed by atoms with E-state index >= 15 is 0 Å². The zero-order valence-corrected chi connectivity index (χ0v) is 14.7. The minimum atomic E-state index is -0.945. The fourth-order valence-corrected chi connectivity index (χ4v) is 3.02. The summed E-state index contributed by atoms with van der Waals surface area (Å²) < 4.78 is 5.29.